The van der Waals surface area contributed by atoms with Crippen molar-refractivity contribution in [2.45, 2.75) is 25.2 Å². The third-order valence-corrected chi connectivity index (χ3v) is 4.87. The number of ether oxygens (including phenoxy) is 1. The summed E-state index contributed by atoms with van der Waals surface area (Å²) >= 11 is 0. The Balaban J connectivity index is 1.69. The monoisotopic (exact) mass is 358 g/mol. The zero-order valence-electron chi connectivity index (χ0n) is 15.4. The third-order valence-electron chi connectivity index (χ3n) is 4.87. The Morgan fingerprint density at radius 2 is 1.96 bits per heavy atom. The van der Waals surface area contributed by atoms with Gasteiger partial charge in [0.2, 0.25) is 5.88 Å². The van der Waals surface area contributed by atoms with Crippen molar-refractivity contribution in [1.29, 1.82) is 5.26 Å². The molecule has 5 heteroatoms. The highest BCUT2D eigenvalue weighted by atomic mass is 16.5. The normalized spacial score (nSPS) is 13.4. The number of benzene rings is 2. The maximum Gasteiger partial charge on any atom is 0.217 e. The van der Waals surface area contributed by atoms with Gasteiger partial charge in [0.05, 0.1) is 17.3 Å². The molecule has 0 radical (unpaired) electrons. The lowest BCUT2D eigenvalue weighted by atomic mass is 10.0. The Bertz CT molecular complexity index is 994. The zero-order chi connectivity index (χ0) is 18.8. The van der Waals surface area contributed by atoms with Gasteiger partial charge in [-0.15, -0.1) is 0 Å². The largest absolute Gasteiger partial charge is 0.439 e. The molecule has 2 N–H and O–H groups in total. The quantitative estimate of drug-likeness (QED) is 0.719. The van der Waals surface area contributed by atoms with Gasteiger partial charge in [-0.05, 0) is 55.1 Å². The maximum absolute atomic E-state index is 9.29. The van der Waals surface area contributed by atoms with Crippen molar-refractivity contribution in [2.75, 3.05) is 6.54 Å². The second kappa shape index (κ2) is 7.26. The molecule has 136 valence electrons. The highest BCUT2D eigenvalue weighted by molar-refractivity contribution is 5.72. The molecule has 0 atom stereocenters. The fourth-order valence-corrected chi connectivity index (χ4v) is 3.19. The minimum atomic E-state index is 0.563. The van der Waals surface area contributed by atoms with Crippen LogP contribution in [-0.2, 0) is 13.5 Å². The molecule has 1 aliphatic rings. The van der Waals surface area contributed by atoms with E-state index in [1.807, 2.05) is 25.2 Å². The molecule has 1 aliphatic carbocycles. The van der Waals surface area contributed by atoms with Crippen LogP contribution in [0.4, 0.5) is 0 Å². The molecule has 0 amide bonds. The zero-order valence-corrected chi connectivity index (χ0v) is 15.4. The van der Waals surface area contributed by atoms with Crippen molar-refractivity contribution in [3.05, 3.63) is 65.4 Å². The van der Waals surface area contributed by atoms with Gasteiger partial charge in [-0.1, -0.05) is 24.3 Å². The molecule has 0 unspecified atom stereocenters. The summed E-state index contributed by atoms with van der Waals surface area (Å²) in [7, 11) is 1.89. The molecule has 1 aromatic heterocycles. The van der Waals surface area contributed by atoms with Crippen molar-refractivity contribution in [3.8, 4) is 28.8 Å². The highest BCUT2D eigenvalue weighted by Crippen LogP contribution is 2.41. The molecule has 2 aromatic carbocycles. The SMILES string of the molecule is Cn1nc(C2CC2)cc1Oc1cc(C#N)ccc1-c1ccc(CCN)cc1. The Morgan fingerprint density at radius 1 is 1.19 bits per heavy atom. The lowest BCUT2D eigenvalue weighted by Gasteiger charge is -2.12. The number of nitriles is 1. The van der Waals surface area contributed by atoms with Crippen molar-refractivity contribution < 1.29 is 4.74 Å². The number of hydrogen-bond donors (Lipinski definition) is 1. The summed E-state index contributed by atoms with van der Waals surface area (Å²) in [6.45, 7) is 0.633. The van der Waals surface area contributed by atoms with E-state index in [1.165, 1.54) is 18.4 Å². The smallest absolute Gasteiger partial charge is 0.217 e. The van der Waals surface area contributed by atoms with Crippen molar-refractivity contribution >= 4 is 0 Å². The molecule has 0 spiro atoms. The van der Waals surface area contributed by atoms with Crippen LogP contribution in [0.25, 0.3) is 11.1 Å². The van der Waals surface area contributed by atoms with Crippen LogP contribution in [0.5, 0.6) is 11.6 Å². The number of aryl methyl sites for hydroxylation is 1. The molecule has 3 aromatic rings. The summed E-state index contributed by atoms with van der Waals surface area (Å²) in [6.07, 6.45) is 3.25. The molecule has 1 fully saturated rings. The summed E-state index contributed by atoms with van der Waals surface area (Å²) in [4.78, 5) is 0. The molecule has 0 bridgehead atoms. The number of rotatable bonds is 6. The molecular weight excluding hydrogens is 336 g/mol. The van der Waals surface area contributed by atoms with Crippen LogP contribution in [0, 0.1) is 11.3 Å². The van der Waals surface area contributed by atoms with Crippen LogP contribution in [0.2, 0.25) is 0 Å². The molecule has 0 saturated heterocycles. The number of hydrogen-bond acceptors (Lipinski definition) is 4. The summed E-state index contributed by atoms with van der Waals surface area (Å²) in [5.41, 5.74) is 10.5. The van der Waals surface area contributed by atoms with Crippen molar-refractivity contribution in [2.24, 2.45) is 12.8 Å². The first-order valence-electron chi connectivity index (χ1n) is 9.23. The summed E-state index contributed by atoms with van der Waals surface area (Å²) in [5, 5.41) is 13.9. The summed E-state index contributed by atoms with van der Waals surface area (Å²) in [5.74, 6) is 1.91. The summed E-state index contributed by atoms with van der Waals surface area (Å²) in [6, 6.07) is 18.0. The van der Waals surface area contributed by atoms with Crippen LogP contribution in [-0.4, -0.2) is 16.3 Å². The third kappa shape index (κ3) is 3.71. The van der Waals surface area contributed by atoms with E-state index < -0.39 is 0 Å². The fourth-order valence-electron chi connectivity index (χ4n) is 3.19. The Kier molecular flexibility index (Phi) is 4.66. The van der Waals surface area contributed by atoms with Gasteiger partial charge in [0.1, 0.15) is 5.75 Å². The second-order valence-electron chi connectivity index (χ2n) is 6.97. The van der Waals surface area contributed by atoms with E-state index >= 15 is 0 Å². The molecule has 1 heterocycles. The standard InChI is InChI=1S/C22H22N4O/c1-26-22(13-20(25-26)18-7-8-18)27-21-12-16(14-24)4-9-19(21)17-5-2-15(3-6-17)10-11-23/h2-6,9,12-13,18H,7-8,10-11,23H2,1H3. The molecule has 4 rings (SSSR count). The lowest BCUT2D eigenvalue weighted by Crippen LogP contribution is -2.02. The van der Waals surface area contributed by atoms with E-state index in [-0.39, 0.29) is 0 Å². The van der Waals surface area contributed by atoms with Gasteiger partial charge < -0.3 is 10.5 Å². The van der Waals surface area contributed by atoms with Crippen molar-refractivity contribution in [1.82, 2.24) is 9.78 Å². The van der Waals surface area contributed by atoms with Crippen LogP contribution in [0.3, 0.4) is 0 Å². The first-order chi connectivity index (χ1) is 13.2. The van der Waals surface area contributed by atoms with Gasteiger partial charge in [-0.25, -0.2) is 4.68 Å². The number of aromatic nitrogens is 2. The Labute approximate surface area is 159 Å². The van der Waals surface area contributed by atoms with Crippen molar-refractivity contribution in [3.63, 3.8) is 0 Å². The molecule has 27 heavy (non-hydrogen) atoms. The number of nitrogens with zero attached hydrogens (tertiary/aromatic N) is 3. The van der Waals surface area contributed by atoms with E-state index in [0.29, 0.717) is 29.7 Å². The summed E-state index contributed by atoms with van der Waals surface area (Å²) < 4.78 is 7.97. The van der Waals surface area contributed by atoms with Gasteiger partial charge in [-0.2, -0.15) is 10.4 Å². The van der Waals surface area contributed by atoms with Gasteiger partial charge >= 0.3 is 0 Å². The van der Waals surface area contributed by atoms with E-state index in [9.17, 15) is 5.26 Å². The average Bonchev–Trinajstić information content (AvgIpc) is 3.47. The predicted octanol–water partition coefficient (Wildman–Crippen LogP) is 4.13. The van der Waals surface area contributed by atoms with Gasteiger partial charge in [0, 0.05) is 24.6 Å². The Morgan fingerprint density at radius 3 is 2.63 bits per heavy atom. The highest BCUT2D eigenvalue weighted by Gasteiger charge is 2.27. The fraction of sp³-hybridized carbons (Fsp3) is 0.273. The van der Waals surface area contributed by atoms with Gasteiger partial charge in [0.25, 0.3) is 0 Å². The average molecular weight is 358 g/mol. The predicted molar refractivity (Wildman–Crippen MR) is 105 cm³/mol. The van der Waals surface area contributed by atoms with E-state index in [4.69, 9.17) is 10.5 Å². The van der Waals surface area contributed by atoms with E-state index in [2.05, 4.69) is 35.4 Å². The van der Waals surface area contributed by atoms with Crippen LogP contribution in [0.15, 0.2) is 48.5 Å². The van der Waals surface area contributed by atoms with Crippen LogP contribution >= 0.6 is 0 Å². The van der Waals surface area contributed by atoms with E-state index in [0.717, 1.165) is 23.2 Å². The van der Waals surface area contributed by atoms with Crippen LogP contribution in [0.1, 0.15) is 35.6 Å². The second-order valence-corrected chi connectivity index (χ2v) is 6.97. The lowest BCUT2D eigenvalue weighted by molar-refractivity contribution is 0.432. The minimum Gasteiger partial charge on any atom is -0.439 e. The topological polar surface area (TPSA) is 76.9 Å². The van der Waals surface area contributed by atoms with Crippen LogP contribution < -0.4 is 10.5 Å². The first-order valence-corrected chi connectivity index (χ1v) is 9.23. The van der Waals surface area contributed by atoms with Gasteiger partial charge in [0.15, 0.2) is 0 Å². The molecule has 1 saturated carbocycles. The minimum absolute atomic E-state index is 0.563. The molecule has 0 aliphatic heterocycles. The first kappa shape index (κ1) is 17.3. The Hall–Kier alpha value is -3.10. The maximum atomic E-state index is 9.29. The van der Waals surface area contributed by atoms with E-state index in [1.54, 1.807) is 10.7 Å². The van der Waals surface area contributed by atoms with Gasteiger partial charge in [-0.3, -0.25) is 0 Å². The number of nitrogens with two attached hydrogens (primary N) is 1. The molecule has 5 nitrogen and oxygen atoms in total. The molecular formula is C22H22N4O.